The molecule has 1 saturated heterocycles. The van der Waals surface area contributed by atoms with Gasteiger partial charge in [0.2, 0.25) is 5.91 Å². The van der Waals surface area contributed by atoms with Crippen molar-refractivity contribution in [3.8, 4) is 0 Å². The van der Waals surface area contributed by atoms with E-state index in [1.807, 2.05) is 26.1 Å². The molecule has 3 nitrogen and oxygen atoms in total. The summed E-state index contributed by atoms with van der Waals surface area (Å²) in [5.74, 6) is 0.128. The number of carbonyl (C=O) groups excluding carboxylic acids is 1. The highest BCUT2D eigenvalue weighted by atomic mass is 35.5. The summed E-state index contributed by atoms with van der Waals surface area (Å²) in [6.07, 6.45) is 3.12. The largest absolute Gasteiger partial charge is 0.340 e. The van der Waals surface area contributed by atoms with Gasteiger partial charge in [-0.3, -0.25) is 4.79 Å². The van der Waals surface area contributed by atoms with E-state index in [0.29, 0.717) is 16.6 Å². The third kappa shape index (κ3) is 4.49. The number of nitrogens with zero attached hydrogens (tertiary/aromatic N) is 1. The summed E-state index contributed by atoms with van der Waals surface area (Å²) in [5, 5.41) is 4.40. The molecular weight excluding hydrogens is 331 g/mol. The van der Waals surface area contributed by atoms with Crippen molar-refractivity contribution in [1.29, 1.82) is 0 Å². The van der Waals surface area contributed by atoms with Gasteiger partial charge in [-0.05, 0) is 50.4 Å². The maximum atomic E-state index is 12.6. The van der Waals surface area contributed by atoms with Crippen molar-refractivity contribution in [2.45, 2.75) is 38.3 Å². The minimum Gasteiger partial charge on any atom is -0.340 e. The number of likely N-dealkylation sites (N-methyl/N-ethyl adjacent to an activating group) is 1. The molecule has 1 aromatic carbocycles. The van der Waals surface area contributed by atoms with Gasteiger partial charge in [0.15, 0.2) is 0 Å². The average molecular weight is 352 g/mol. The van der Waals surface area contributed by atoms with Gasteiger partial charge in [-0.15, -0.1) is 12.4 Å². The first-order chi connectivity index (χ1) is 9.42. The Morgan fingerprint density at radius 1 is 1.33 bits per heavy atom. The quantitative estimate of drug-likeness (QED) is 0.895. The maximum Gasteiger partial charge on any atom is 0.242 e. The number of piperidine rings is 1. The lowest BCUT2D eigenvalue weighted by Gasteiger charge is -2.36. The highest BCUT2D eigenvalue weighted by Gasteiger charge is 2.36. The van der Waals surface area contributed by atoms with Gasteiger partial charge < -0.3 is 10.2 Å². The average Bonchev–Trinajstić information content (AvgIpc) is 2.43. The zero-order chi connectivity index (χ0) is 14.8. The molecule has 6 heteroatoms. The number of benzene rings is 1. The molecule has 0 spiro atoms. The fraction of sp³-hybridized carbons (Fsp3) is 0.533. The Kier molecular flexibility index (Phi) is 6.79. The molecule has 1 fully saturated rings. The number of rotatable bonds is 3. The Morgan fingerprint density at radius 2 is 2.05 bits per heavy atom. The van der Waals surface area contributed by atoms with Crippen LogP contribution in [0.5, 0.6) is 0 Å². The summed E-state index contributed by atoms with van der Waals surface area (Å²) in [6.45, 7) is 3.43. The van der Waals surface area contributed by atoms with Crippen LogP contribution in [0.3, 0.4) is 0 Å². The summed E-state index contributed by atoms with van der Waals surface area (Å²) < 4.78 is 0. The Balaban J connectivity index is 0.00000220. The van der Waals surface area contributed by atoms with E-state index in [2.05, 4.69) is 5.32 Å². The van der Waals surface area contributed by atoms with Crippen LogP contribution >= 0.6 is 35.6 Å². The number of hydrogen-bond donors (Lipinski definition) is 1. The second-order valence-electron chi connectivity index (χ2n) is 5.63. The summed E-state index contributed by atoms with van der Waals surface area (Å²) in [6, 6.07) is 5.47. The number of amides is 1. The monoisotopic (exact) mass is 350 g/mol. The zero-order valence-electron chi connectivity index (χ0n) is 12.3. The number of nitrogens with one attached hydrogen (secondary N) is 1. The number of hydrogen-bond acceptors (Lipinski definition) is 2. The van der Waals surface area contributed by atoms with Crippen molar-refractivity contribution in [3.63, 3.8) is 0 Å². The van der Waals surface area contributed by atoms with E-state index >= 15 is 0 Å². The molecule has 118 valence electrons. The third-order valence-electron chi connectivity index (χ3n) is 3.84. The molecule has 0 radical (unpaired) electrons. The topological polar surface area (TPSA) is 32.3 Å². The van der Waals surface area contributed by atoms with E-state index in [9.17, 15) is 4.79 Å². The van der Waals surface area contributed by atoms with Crippen molar-refractivity contribution in [2.24, 2.45) is 0 Å². The third-order valence-corrected chi connectivity index (χ3v) is 4.58. The van der Waals surface area contributed by atoms with Crippen LogP contribution in [-0.2, 0) is 11.3 Å². The van der Waals surface area contributed by atoms with Crippen LogP contribution < -0.4 is 5.32 Å². The van der Waals surface area contributed by atoms with Crippen LogP contribution in [0, 0.1) is 0 Å². The Labute approximate surface area is 142 Å². The van der Waals surface area contributed by atoms with Crippen LogP contribution in [0.25, 0.3) is 0 Å². The van der Waals surface area contributed by atoms with E-state index in [4.69, 9.17) is 23.2 Å². The molecule has 0 saturated carbocycles. The first-order valence-corrected chi connectivity index (χ1v) is 7.62. The second-order valence-corrected chi connectivity index (χ2v) is 6.44. The number of carbonyl (C=O) groups is 1. The minimum atomic E-state index is -0.441. The summed E-state index contributed by atoms with van der Waals surface area (Å²) in [7, 11) is 1.83. The van der Waals surface area contributed by atoms with Crippen molar-refractivity contribution in [2.75, 3.05) is 13.6 Å². The van der Waals surface area contributed by atoms with Gasteiger partial charge in [0.1, 0.15) is 0 Å². The lowest BCUT2D eigenvalue weighted by atomic mass is 9.89. The van der Waals surface area contributed by atoms with Crippen LogP contribution in [0.2, 0.25) is 10.0 Å². The highest BCUT2D eigenvalue weighted by Crippen LogP contribution is 2.25. The Hall–Kier alpha value is -0.480. The molecule has 0 aliphatic carbocycles. The predicted molar refractivity (Wildman–Crippen MR) is 90.4 cm³/mol. The van der Waals surface area contributed by atoms with Crippen LogP contribution in [0.4, 0.5) is 0 Å². The first kappa shape index (κ1) is 18.6. The van der Waals surface area contributed by atoms with Crippen LogP contribution in [0.1, 0.15) is 31.7 Å². The summed E-state index contributed by atoms with van der Waals surface area (Å²) in [5.41, 5.74) is 0.540. The van der Waals surface area contributed by atoms with Crippen molar-refractivity contribution in [1.82, 2.24) is 10.2 Å². The highest BCUT2D eigenvalue weighted by molar-refractivity contribution is 6.42. The minimum absolute atomic E-state index is 0. The van der Waals surface area contributed by atoms with E-state index in [1.165, 1.54) is 0 Å². The molecule has 1 N–H and O–H groups in total. The van der Waals surface area contributed by atoms with Crippen LogP contribution in [0.15, 0.2) is 18.2 Å². The fourth-order valence-corrected chi connectivity index (χ4v) is 2.96. The predicted octanol–water partition coefficient (Wildman–Crippen LogP) is 3.91. The van der Waals surface area contributed by atoms with Gasteiger partial charge in [0.05, 0.1) is 15.6 Å². The lowest BCUT2D eigenvalue weighted by molar-refractivity contribution is -0.137. The van der Waals surface area contributed by atoms with Gasteiger partial charge in [-0.1, -0.05) is 29.3 Å². The molecule has 1 aliphatic rings. The van der Waals surface area contributed by atoms with E-state index < -0.39 is 5.54 Å². The fourth-order valence-electron chi connectivity index (χ4n) is 2.64. The zero-order valence-corrected chi connectivity index (χ0v) is 14.6. The van der Waals surface area contributed by atoms with E-state index in [1.54, 1.807) is 11.0 Å². The lowest BCUT2D eigenvalue weighted by Crippen LogP contribution is -2.57. The molecule has 1 atom stereocenters. The molecule has 0 aromatic heterocycles. The smallest absolute Gasteiger partial charge is 0.242 e. The van der Waals surface area contributed by atoms with Crippen molar-refractivity contribution < 1.29 is 4.79 Å². The van der Waals surface area contributed by atoms with Crippen molar-refractivity contribution in [3.05, 3.63) is 33.8 Å². The van der Waals surface area contributed by atoms with Gasteiger partial charge in [0, 0.05) is 13.6 Å². The molecular formula is C15H21Cl3N2O. The molecule has 0 bridgehead atoms. The number of halogens is 3. The SMILES string of the molecule is CN(Cc1ccc(Cl)c(Cl)c1)C(=O)C1(C)CCCCN1.Cl. The molecule has 21 heavy (non-hydrogen) atoms. The van der Waals surface area contributed by atoms with Gasteiger partial charge in [-0.25, -0.2) is 0 Å². The Bertz CT molecular complexity index is 502. The molecule has 2 rings (SSSR count). The van der Waals surface area contributed by atoms with E-state index in [-0.39, 0.29) is 18.3 Å². The standard InChI is InChI=1S/C15H20Cl2N2O.ClH/c1-15(7-3-4-8-18-15)14(20)19(2)10-11-5-6-12(16)13(17)9-11;/h5-6,9,18H,3-4,7-8,10H2,1-2H3;1H. The molecule has 1 aliphatic heterocycles. The van der Waals surface area contributed by atoms with Gasteiger partial charge in [0.25, 0.3) is 0 Å². The maximum absolute atomic E-state index is 12.6. The second kappa shape index (κ2) is 7.68. The van der Waals surface area contributed by atoms with Gasteiger partial charge >= 0.3 is 0 Å². The summed E-state index contributed by atoms with van der Waals surface area (Å²) >= 11 is 11.9. The Morgan fingerprint density at radius 3 is 2.62 bits per heavy atom. The van der Waals surface area contributed by atoms with E-state index in [0.717, 1.165) is 31.4 Å². The molecule has 1 aromatic rings. The molecule has 1 heterocycles. The van der Waals surface area contributed by atoms with Gasteiger partial charge in [-0.2, -0.15) is 0 Å². The summed E-state index contributed by atoms with van der Waals surface area (Å²) in [4.78, 5) is 14.3. The first-order valence-electron chi connectivity index (χ1n) is 6.87. The normalized spacial score (nSPS) is 21.5. The molecule has 1 unspecified atom stereocenters. The van der Waals surface area contributed by atoms with Crippen molar-refractivity contribution >= 4 is 41.5 Å². The molecule has 1 amide bonds. The van der Waals surface area contributed by atoms with Crippen LogP contribution in [-0.4, -0.2) is 29.9 Å².